The van der Waals surface area contributed by atoms with Crippen LogP contribution in [0.5, 0.6) is 0 Å². The Morgan fingerprint density at radius 2 is 1.96 bits per heavy atom. The number of aromatic nitrogens is 1. The van der Waals surface area contributed by atoms with Gasteiger partial charge in [-0.2, -0.15) is 13.2 Å². The summed E-state index contributed by atoms with van der Waals surface area (Å²) in [6, 6.07) is 7.32. The second-order valence-electron chi connectivity index (χ2n) is 5.53. The zero-order chi connectivity index (χ0) is 19.5. The van der Waals surface area contributed by atoms with E-state index in [-0.39, 0.29) is 12.2 Å². The number of pyridine rings is 1. The third kappa shape index (κ3) is 4.47. The molecule has 0 aliphatic carbocycles. The zero-order valence-corrected chi connectivity index (χ0v) is 13.6. The number of rotatable bonds is 5. The molecule has 0 bridgehead atoms. The summed E-state index contributed by atoms with van der Waals surface area (Å²) in [6.07, 6.45) is -3.71. The smallest absolute Gasteiger partial charge is 0.340 e. The van der Waals surface area contributed by atoms with Gasteiger partial charge >= 0.3 is 6.18 Å². The summed E-state index contributed by atoms with van der Waals surface area (Å²) in [5.41, 5.74) is -2.32. The van der Waals surface area contributed by atoms with E-state index in [0.29, 0.717) is 16.2 Å². The van der Waals surface area contributed by atoms with Crippen LogP contribution < -0.4 is 5.56 Å². The number of amides is 1. The highest BCUT2D eigenvalue weighted by molar-refractivity contribution is 5.75. The Morgan fingerprint density at radius 3 is 2.58 bits per heavy atom. The minimum atomic E-state index is -4.81. The Bertz CT molecular complexity index is 893. The summed E-state index contributed by atoms with van der Waals surface area (Å²) in [7, 11) is 1.39. The highest BCUT2D eigenvalue weighted by atomic mass is 19.4. The van der Waals surface area contributed by atoms with Crippen LogP contribution in [0.15, 0.2) is 47.4 Å². The number of benzene rings is 1. The third-order valence-corrected chi connectivity index (χ3v) is 3.60. The molecule has 1 amide bonds. The molecule has 0 aliphatic heterocycles. The van der Waals surface area contributed by atoms with Gasteiger partial charge < -0.3 is 9.47 Å². The second-order valence-corrected chi connectivity index (χ2v) is 5.53. The topological polar surface area (TPSA) is 85.4 Å². The van der Waals surface area contributed by atoms with Crippen LogP contribution in [0, 0.1) is 10.1 Å². The summed E-state index contributed by atoms with van der Waals surface area (Å²) in [5, 5.41) is 10.8. The van der Waals surface area contributed by atoms with Crippen LogP contribution in [0.4, 0.5) is 18.9 Å². The summed E-state index contributed by atoms with van der Waals surface area (Å²) >= 11 is 0. The van der Waals surface area contributed by atoms with Crippen molar-refractivity contribution in [1.29, 1.82) is 0 Å². The van der Waals surface area contributed by atoms with Crippen molar-refractivity contribution in [2.45, 2.75) is 19.3 Å². The minimum absolute atomic E-state index is 0.00816. The van der Waals surface area contributed by atoms with Crippen LogP contribution in [0.25, 0.3) is 0 Å². The third-order valence-electron chi connectivity index (χ3n) is 3.60. The predicted molar refractivity (Wildman–Crippen MR) is 85.3 cm³/mol. The monoisotopic (exact) mass is 369 g/mol. The van der Waals surface area contributed by atoms with E-state index in [4.69, 9.17) is 0 Å². The van der Waals surface area contributed by atoms with Crippen molar-refractivity contribution in [3.05, 3.63) is 74.2 Å². The number of hydrogen-bond acceptors (Lipinski definition) is 4. The molecule has 0 aliphatic rings. The largest absolute Gasteiger partial charge is 0.421 e. The molecule has 2 aromatic rings. The molecule has 0 spiro atoms. The van der Waals surface area contributed by atoms with E-state index in [1.807, 2.05) is 0 Å². The standard InChI is InChI=1S/C16H14F3N3O4/c1-20(9-11-4-2-5-12(8-11)22(25)26)14(23)10-21-7-3-6-13(15(21)24)16(17,18)19/h2-8H,9-10H2,1H3. The summed E-state index contributed by atoms with van der Waals surface area (Å²) in [6.45, 7) is -0.567. The van der Waals surface area contributed by atoms with Crippen LogP contribution in [0.2, 0.25) is 0 Å². The first kappa shape index (κ1) is 19.2. The van der Waals surface area contributed by atoms with E-state index in [2.05, 4.69) is 0 Å². The Kier molecular flexibility index (Phi) is 5.44. The molecule has 26 heavy (non-hydrogen) atoms. The molecule has 138 valence electrons. The van der Waals surface area contributed by atoms with Gasteiger partial charge in [-0.05, 0) is 17.7 Å². The fourth-order valence-electron chi connectivity index (χ4n) is 2.27. The van der Waals surface area contributed by atoms with Gasteiger partial charge in [0.25, 0.3) is 11.2 Å². The average Bonchev–Trinajstić information content (AvgIpc) is 2.55. The van der Waals surface area contributed by atoms with E-state index < -0.39 is 34.7 Å². The Labute approximate surface area is 145 Å². The molecule has 0 radical (unpaired) electrons. The fraction of sp³-hybridized carbons (Fsp3) is 0.250. The van der Waals surface area contributed by atoms with Crippen molar-refractivity contribution >= 4 is 11.6 Å². The van der Waals surface area contributed by atoms with Crippen molar-refractivity contribution in [2.24, 2.45) is 0 Å². The number of nitro benzene ring substituents is 1. The molecule has 0 fully saturated rings. The predicted octanol–water partition coefficient (Wildman–Crippen LogP) is 2.43. The van der Waals surface area contributed by atoms with Crippen LogP contribution in [0.1, 0.15) is 11.1 Å². The molecule has 0 unspecified atom stereocenters. The van der Waals surface area contributed by atoms with Gasteiger partial charge in [0, 0.05) is 31.9 Å². The molecule has 2 rings (SSSR count). The number of carbonyl (C=O) groups is 1. The molecule has 0 N–H and O–H groups in total. The Hall–Kier alpha value is -3.17. The molecule has 1 aromatic carbocycles. The van der Waals surface area contributed by atoms with Gasteiger partial charge in [0.2, 0.25) is 5.91 Å². The van der Waals surface area contributed by atoms with Crippen LogP contribution >= 0.6 is 0 Å². The number of halogens is 3. The molecule has 7 nitrogen and oxygen atoms in total. The molecule has 0 saturated heterocycles. The first-order chi connectivity index (χ1) is 12.1. The molecular formula is C16H14F3N3O4. The highest BCUT2D eigenvalue weighted by Gasteiger charge is 2.34. The van der Waals surface area contributed by atoms with E-state index in [9.17, 15) is 32.9 Å². The van der Waals surface area contributed by atoms with E-state index >= 15 is 0 Å². The van der Waals surface area contributed by atoms with Crippen LogP contribution in [-0.4, -0.2) is 27.3 Å². The second kappa shape index (κ2) is 7.38. The lowest BCUT2D eigenvalue weighted by Crippen LogP contribution is -2.35. The summed E-state index contributed by atoms with van der Waals surface area (Å²) in [5.74, 6) is -0.613. The number of hydrogen-bond donors (Lipinski definition) is 0. The van der Waals surface area contributed by atoms with E-state index in [0.717, 1.165) is 12.3 Å². The van der Waals surface area contributed by atoms with Crippen molar-refractivity contribution in [3.63, 3.8) is 0 Å². The van der Waals surface area contributed by atoms with Gasteiger partial charge in [-0.25, -0.2) is 0 Å². The molecule has 0 atom stereocenters. The van der Waals surface area contributed by atoms with Crippen LogP contribution in [-0.2, 0) is 24.1 Å². The number of nitrogens with zero attached hydrogens (tertiary/aromatic N) is 3. The highest BCUT2D eigenvalue weighted by Crippen LogP contribution is 2.26. The zero-order valence-electron chi connectivity index (χ0n) is 13.6. The Balaban J connectivity index is 2.14. The number of non-ortho nitro benzene ring substituents is 1. The van der Waals surface area contributed by atoms with Crippen molar-refractivity contribution < 1.29 is 22.9 Å². The van der Waals surface area contributed by atoms with Crippen molar-refractivity contribution in [1.82, 2.24) is 9.47 Å². The summed E-state index contributed by atoms with van der Waals surface area (Å²) in [4.78, 5) is 35.4. The maximum absolute atomic E-state index is 12.8. The average molecular weight is 369 g/mol. The van der Waals surface area contributed by atoms with E-state index in [1.54, 1.807) is 6.07 Å². The van der Waals surface area contributed by atoms with Gasteiger partial charge in [-0.1, -0.05) is 12.1 Å². The van der Waals surface area contributed by atoms with Gasteiger partial charge in [0.15, 0.2) is 0 Å². The van der Waals surface area contributed by atoms with Gasteiger partial charge in [0.05, 0.1) is 4.92 Å². The van der Waals surface area contributed by atoms with Gasteiger partial charge in [-0.3, -0.25) is 19.7 Å². The Morgan fingerprint density at radius 1 is 1.27 bits per heavy atom. The van der Waals surface area contributed by atoms with Gasteiger partial charge in [-0.15, -0.1) is 0 Å². The molecular weight excluding hydrogens is 355 g/mol. The first-order valence-corrected chi connectivity index (χ1v) is 7.33. The lowest BCUT2D eigenvalue weighted by molar-refractivity contribution is -0.384. The normalized spacial score (nSPS) is 11.2. The number of nitro groups is 1. The molecule has 1 heterocycles. The molecule has 0 saturated carbocycles. The minimum Gasteiger partial charge on any atom is -0.340 e. The molecule has 10 heteroatoms. The quantitative estimate of drug-likeness (QED) is 0.598. The van der Waals surface area contributed by atoms with Crippen LogP contribution in [0.3, 0.4) is 0 Å². The maximum atomic E-state index is 12.8. The van der Waals surface area contributed by atoms with Gasteiger partial charge in [0.1, 0.15) is 12.1 Å². The lowest BCUT2D eigenvalue weighted by Gasteiger charge is -2.18. The number of carbonyl (C=O) groups excluding carboxylic acids is 1. The fourth-order valence-corrected chi connectivity index (χ4v) is 2.27. The van der Waals surface area contributed by atoms with Crippen molar-refractivity contribution in [2.75, 3.05) is 7.05 Å². The van der Waals surface area contributed by atoms with Crippen molar-refractivity contribution in [3.8, 4) is 0 Å². The lowest BCUT2D eigenvalue weighted by atomic mass is 10.2. The summed E-state index contributed by atoms with van der Waals surface area (Å²) < 4.78 is 38.9. The van der Waals surface area contributed by atoms with E-state index in [1.165, 1.54) is 30.1 Å². The molecule has 1 aromatic heterocycles. The number of alkyl halides is 3. The maximum Gasteiger partial charge on any atom is 0.421 e. The first-order valence-electron chi connectivity index (χ1n) is 7.33. The number of likely N-dealkylation sites (N-methyl/N-ethyl adjacent to an activating group) is 1. The SMILES string of the molecule is CN(Cc1cccc([N+](=O)[O-])c1)C(=O)Cn1cccc(C(F)(F)F)c1=O.